The molecule has 0 saturated heterocycles. The van der Waals surface area contributed by atoms with E-state index in [4.69, 9.17) is 25.8 Å². The van der Waals surface area contributed by atoms with E-state index in [2.05, 4.69) is 10.6 Å². The van der Waals surface area contributed by atoms with Gasteiger partial charge < -0.3 is 24.8 Å². The van der Waals surface area contributed by atoms with E-state index < -0.39 is 0 Å². The number of thiophene rings is 1. The van der Waals surface area contributed by atoms with E-state index in [1.807, 2.05) is 0 Å². The molecule has 0 spiro atoms. The van der Waals surface area contributed by atoms with Crippen LogP contribution in [-0.2, 0) is 12.8 Å². The van der Waals surface area contributed by atoms with Gasteiger partial charge in [-0.05, 0) is 67.6 Å². The summed E-state index contributed by atoms with van der Waals surface area (Å²) in [7, 11) is 4.59. The van der Waals surface area contributed by atoms with Crippen LogP contribution in [0.4, 0.5) is 10.7 Å². The molecular weight excluding hydrogens is 488 g/mol. The summed E-state index contributed by atoms with van der Waals surface area (Å²) in [6.07, 6.45) is 4.83. The molecule has 0 fully saturated rings. The van der Waals surface area contributed by atoms with E-state index in [0.717, 1.165) is 42.5 Å². The first kappa shape index (κ1) is 24.9. The van der Waals surface area contributed by atoms with Gasteiger partial charge in [-0.3, -0.25) is 9.59 Å². The van der Waals surface area contributed by atoms with Crippen LogP contribution < -0.4 is 24.8 Å². The highest BCUT2D eigenvalue weighted by Gasteiger charge is 2.27. The number of fused-ring (bicyclic) bond motifs is 1. The molecule has 1 aliphatic carbocycles. The lowest BCUT2D eigenvalue weighted by molar-refractivity contribution is 0.102. The number of amides is 2. The summed E-state index contributed by atoms with van der Waals surface area (Å²) >= 11 is 7.61. The summed E-state index contributed by atoms with van der Waals surface area (Å²) < 4.78 is 16.0. The molecule has 184 valence electrons. The highest BCUT2D eigenvalue weighted by Crippen LogP contribution is 2.39. The van der Waals surface area contributed by atoms with Crippen LogP contribution in [0.1, 0.15) is 50.4 Å². The van der Waals surface area contributed by atoms with Gasteiger partial charge in [0.1, 0.15) is 10.8 Å². The third-order valence-electron chi connectivity index (χ3n) is 5.93. The van der Waals surface area contributed by atoms with Crippen LogP contribution in [0.25, 0.3) is 0 Å². The molecule has 3 aromatic rings. The van der Waals surface area contributed by atoms with E-state index in [0.29, 0.717) is 44.1 Å². The Balaban J connectivity index is 1.68. The fraction of sp³-hybridized carbons (Fsp3) is 0.308. The molecular formula is C26H27ClN2O5S. The molecule has 0 unspecified atom stereocenters. The number of carbonyl (C=O) groups is 2. The first-order valence-electron chi connectivity index (χ1n) is 11.3. The predicted molar refractivity (Wildman–Crippen MR) is 139 cm³/mol. The van der Waals surface area contributed by atoms with Crippen LogP contribution in [0.5, 0.6) is 17.2 Å². The third kappa shape index (κ3) is 5.39. The number of anilines is 2. The number of rotatable bonds is 7. The first-order valence-corrected chi connectivity index (χ1v) is 12.5. The maximum atomic E-state index is 13.6. The van der Waals surface area contributed by atoms with Crippen molar-refractivity contribution in [2.75, 3.05) is 32.0 Å². The molecule has 2 aromatic carbocycles. The molecule has 0 bridgehead atoms. The summed E-state index contributed by atoms with van der Waals surface area (Å²) in [4.78, 5) is 27.9. The van der Waals surface area contributed by atoms with Crippen molar-refractivity contribution in [2.45, 2.75) is 32.1 Å². The Labute approximate surface area is 213 Å². The van der Waals surface area contributed by atoms with Gasteiger partial charge in [-0.1, -0.05) is 18.0 Å². The Kier molecular flexibility index (Phi) is 7.83. The van der Waals surface area contributed by atoms with Crippen LogP contribution in [0.3, 0.4) is 0 Å². The largest absolute Gasteiger partial charge is 0.495 e. The maximum absolute atomic E-state index is 13.6. The molecule has 1 aliphatic rings. The van der Waals surface area contributed by atoms with Crippen molar-refractivity contribution in [3.8, 4) is 17.2 Å². The van der Waals surface area contributed by atoms with Gasteiger partial charge in [0.05, 0.1) is 32.6 Å². The zero-order valence-corrected chi connectivity index (χ0v) is 21.4. The minimum absolute atomic E-state index is 0.312. The number of benzene rings is 2. The average molecular weight is 515 g/mol. The summed E-state index contributed by atoms with van der Waals surface area (Å²) in [6.45, 7) is 0. The molecule has 1 aromatic heterocycles. The molecule has 0 saturated carbocycles. The second-order valence-corrected chi connectivity index (χ2v) is 9.63. The zero-order chi connectivity index (χ0) is 24.9. The minimum Gasteiger partial charge on any atom is -0.495 e. The van der Waals surface area contributed by atoms with Crippen molar-refractivity contribution in [1.82, 2.24) is 0 Å². The normalized spacial score (nSPS) is 12.8. The van der Waals surface area contributed by atoms with Crippen molar-refractivity contribution in [3.63, 3.8) is 0 Å². The average Bonchev–Trinajstić information content (AvgIpc) is 3.03. The molecule has 4 rings (SSSR count). The molecule has 0 atom stereocenters. The molecule has 9 heteroatoms. The first-order chi connectivity index (χ1) is 16.9. The Bertz CT molecular complexity index is 1260. The van der Waals surface area contributed by atoms with Crippen molar-refractivity contribution in [2.24, 2.45) is 0 Å². The van der Waals surface area contributed by atoms with Gasteiger partial charge in [-0.15, -0.1) is 11.3 Å². The monoisotopic (exact) mass is 514 g/mol. The van der Waals surface area contributed by atoms with Crippen molar-refractivity contribution >= 4 is 45.4 Å². The number of ether oxygens (including phenoxy) is 3. The fourth-order valence-electron chi connectivity index (χ4n) is 4.19. The number of methoxy groups -OCH3 is 3. The summed E-state index contributed by atoms with van der Waals surface area (Å²) in [5.41, 5.74) is 2.35. The predicted octanol–water partition coefficient (Wildman–Crippen LogP) is 6.20. The van der Waals surface area contributed by atoms with Gasteiger partial charge in [0, 0.05) is 15.5 Å². The molecule has 2 amide bonds. The van der Waals surface area contributed by atoms with Crippen LogP contribution in [0.2, 0.25) is 5.02 Å². The lowest BCUT2D eigenvalue weighted by Crippen LogP contribution is -2.18. The summed E-state index contributed by atoms with van der Waals surface area (Å²) in [6, 6.07) is 9.99. The summed E-state index contributed by atoms with van der Waals surface area (Å²) in [5.74, 6) is 0.833. The number of hydrogen-bond acceptors (Lipinski definition) is 6. The molecule has 0 aliphatic heterocycles. The van der Waals surface area contributed by atoms with Crippen LogP contribution in [-0.4, -0.2) is 33.1 Å². The molecule has 0 radical (unpaired) electrons. The number of carbonyl (C=O) groups excluding carboxylic acids is 2. The lowest BCUT2D eigenvalue weighted by atomic mass is 10.0. The highest BCUT2D eigenvalue weighted by atomic mass is 35.5. The number of hydrogen-bond donors (Lipinski definition) is 2. The molecule has 1 heterocycles. The minimum atomic E-state index is -0.336. The van der Waals surface area contributed by atoms with Gasteiger partial charge in [0.25, 0.3) is 11.8 Å². The van der Waals surface area contributed by atoms with Gasteiger partial charge in [0.15, 0.2) is 11.5 Å². The molecule has 7 nitrogen and oxygen atoms in total. The van der Waals surface area contributed by atoms with Crippen LogP contribution >= 0.6 is 22.9 Å². The smallest absolute Gasteiger partial charge is 0.259 e. The topological polar surface area (TPSA) is 85.9 Å². The number of aryl methyl sites for hydroxylation is 1. The van der Waals surface area contributed by atoms with Crippen molar-refractivity contribution in [3.05, 3.63) is 63.0 Å². The van der Waals surface area contributed by atoms with Crippen LogP contribution in [0, 0.1) is 0 Å². The second-order valence-electron chi connectivity index (χ2n) is 8.09. The Hall–Kier alpha value is -3.23. The van der Waals surface area contributed by atoms with Crippen molar-refractivity contribution in [1.29, 1.82) is 0 Å². The van der Waals surface area contributed by atoms with E-state index in [1.165, 1.54) is 32.7 Å². The third-order valence-corrected chi connectivity index (χ3v) is 7.37. The van der Waals surface area contributed by atoms with Gasteiger partial charge in [-0.25, -0.2) is 0 Å². The molecule has 35 heavy (non-hydrogen) atoms. The van der Waals surface area contributed by atoms with Crippen LogP contribution in [0.15, 0.2) is 36.4 Å². The fourth-order valence-corrected chi connectivity index (χ4v) is 5.64. The maximum Gasteiger partial charge on any atom is 0.259 e. The SMILES string of the molecule is COc1ccc(Cl)cc1NC(=O)c1c(NC(=O)c2ccc(OC)c(OC)c2)sc2c1CCCCC2. The Morgan fingerprint density at radius 1 is 0.829 bits per heavy atom. The van der Waals surface area contributed by atoms with E-state index in [-0.39, 0.29) is 11.8 Å². The highest BCUT2D eigenvalue weighted by molar-refractivity contribution is 7.17. The Morgan fingerprint density at radius 2 is 1.54 bits per heavy atom. The Morgan fingerprint density at radius 3 is 2.29 bits per heavy atom. The van der Waals surface area contributed by atoms with E-state index in [9.17, 15) is 9.59 Å². The summed E-state index contributed by atoms with van der Waals surface area (Å²) in [5, 5.41) is 6.90. The van der Waals surface area contributed by atoms with Gasteiger partial charge in [-0.2, -0.15) is 0 Å². The zero-order valence-electron chi connectivity index (χ0n) is 19.8. The molecule has 2 N–H and O–H groups in total. The van der Waals surface area contributed by atoms with Crippen molar-refractivity contribution < 1.29 is 23.8 Å². The standard InChI is InChI=1S/C26H27ClN2O5S/c1-32-19-12-10-16(27)14-18(19)28-25(31)23-17-7-5-4-6-8-22(17)35-26(23)29-24(30)15-9-11-20(33-2)21(13-15)34-3/h9-14H,4-8H2,1-3H3,(H,28,31)(H,29,30). The second kappa shape index (κ2) is 11.0. The van der Waals surface area contributed by atoms with Gasteiger partial charge in [0.2, 0.25) is 0 Å². The van der Waals surface area contributed by atoms with Gasteiger partial charge >= 0.3 is 0 Å². The van der Waals surface area contributed by atoms with E-state index >= 15 is 0 Å². The van der Waals surface area contributed by atoms with E-state index in [1.54, 1.807) is 36.4 Å². The quantitative estimate of drug-likeness (QED) is 0.366. The lowest BCUT2D eigenvalue weighted by Gasteiger charge is -2.13. The number of nitrogens with one attached hydrogen (secondary N) is 2. The number of halogens is 1.